The monoisotopic (exact) mass is 343 g/mol. The van der Waals surface area contributed by atoms with Crippen molar-refractivity contribution in [3.05, 3.63) is 15.9 Å². The van der Waals surface area contributed by atoms with Crippen LogP contribution in [0.2, 0.25) is 0 Å². The van der Waals surface area contributed by atoms with Crippen LogP contribution in [0.15, 0.2) is 20.1 Å². The van der Waals surface area contributed by atoms with Crippen LogP contribution in [0.4, 0.5) is 0 Å². The summed E-state index contributed by atoms with van der Waals surface area (Å²) in [5, 5.41) is 10.8. The Balaban J connectivity index is 2.70. The molecule has 1 heterocycles. The maximum Gasteiger partial charge on any atom is 0.336 e. The lowest BCUT2D eigenvalue weighted by Gasteiger charge is -2.09. The fourth-order valence-electron chi connectivity index (χ4n) is 0.945. The van der Waals surface area contributed by atoms with Crippen LogP contribution in [0.1, 0.15) is 0 Å². The van der Waals surface area contributed by atoms with Gasteiger partial charge in [-0.1, -0.05) is 0 Å². The molecule has 17 heavy (non-hydrogen) atoms. The molecule has 1 unspecified atom stereocenters. The summed E-state index contributed by atoms with van der Waals surface area (Å²) in [6.45, 7) is -0.431. The summed E-state index contributed by atoms with van der Waals surface area (Å²) in [5.74, 6) is -0.891. The van der Waals surface area contributed by atoms with E-state index in [-0.39, 0.29) is 4.21 Å². The minimum absolute atomic E-state index is 0.0922. The van der Waals surface area contributed by atoms with E-state index < -0.39 is 28.6 Å². The second-order valence-electron chi connectivity index (χ2n) is 2.95. The average Bonchev–Trinajstić information content (AvgIpc) is 2.72. The molecule has 2 N–H and O–H groups in total. The fraction of sp³-hybridized carbons (Fsp3) is 0.375. The largest absolute Gasteiger partial charge is 0.467 e. The molecule has 0 aliphatic rings. The molecule has 1 atom stereocenters. The summed E-state index contributed by atoms with van der Waals surface area (Å²) in [4.78, 5) is 10.9. The first-order chi connectivity index (χ1) is 7.88. The number of carbonyl (C=O) groups is 1. The molecule has 0 aromatic carbocycles. The number of ether oxygens (including phenoxy) is 1. The first-order valence-electron chi connectivity index (χ1n) is 4.37. The van der Waals surface area contributed by atoms with Gasteiger partial charge in [0.05, 0.1) is 7.11 Å². The number of sulfonamides is 1. The van der Waals surface area contributed by atoms with Gasteiger partial charge in [-0.3, -0.25) is 0 Å². The number of aliphatic hydroxyl groups is 1. The lowest BCUT2D eigenvalue weighted by atomic mass is 10.4. The molecule has 0 aliphatic carbocycles. The third-order valence-electron chi connectivity index (χ3n) is 1.77. The minimum Gasteiger partial charge on any atom is -0.467 e. The predicted molar refractivity (Wildman–Crippen MR) is 65.2 cm³/mol. The third kappa shape index (κ3) is 3.75. The van der Waals surface area contributed by atoms with Crippen molar-refractivity contribution in [2.24, 2.45) is 0 Å². The van der Waals surface area contributed by atoms with Crippen molar-refractivity contribution in [2.75, 3.05) is 13.7 Å². The number of carbonyl (C=O) groups excluding carboxylic acids is 1. The lowest BCUT2D eigenvalue weighted by molar-refractivity contribution is -0.149. The van der Waals surface area contributed by atoms with E-state index in [0.717, 1.165) is 18.4 Å². The summed E-state index contributed by atoms with van der Waals surface area (Å²) >= 11 is 4.12. The molecular weight excluding hydrogens is 334 g/mol. The van der Waals surface area contributed by atoms with E-state index in [2.05, 4.69) is 25.4 Å². The van der Waals surface area contributed by atoms with Gasteiger partial charge in [0.1, 0.15) is 4.21 Å². The normalized spacial score (nSPS) is 13.4. The number of halogens is 1. The van der Waals surface area contributed by atoms with E-state index in [1.807, 2.05) is 0 Å². The van der Waals surface area contributed by atoms with Gasteiger partial charge < -0.3 is 9.84 Å². The number of hydrogen-bond donors (Lipinski definition) is 2. The Bertz CT molecular complexity index is 498. The van der Waals surface area contributed by atoms with Crippen molar-refractivity contribution < 1.29 is 23.1 Å². The molecular formula is C8H10BrNO5S2. The molecule has 0 saturated heterocycles. The van der Waals surface area contributed by atoms with E-state index in [1.165, 1.54) is 0 Å². The molecule has 6 nitrogen and oxygen atoms in total. The van der Waals surface area contributed by atoms with Gasteiger partial charge in [-0.2, -0.15) is 0 Å². The number of rotatable bonds is 5. The second-order valence-corrected chi connectivity index (χ2v) is 6.68. The zero-order valence-electron chi connectivity index (χ0n) is 8.71. The number of aliphatic hydroxyl groups excluding tert-OH is 1. The number of nitrogens with one attached hydrogen (secondary N) is 1. The summed E-state index contributed by atoms with van der Waals surface area (Å²) in [7, 11) is -2.62. The Kier molecular flexibility index (Phi) is 5.07. The van der Waals surface area contributed by atoms with Crippen molar-refractivity contribution in [3.63, 3.8) is 0 Å². The van der Waals surface area contributed by atoms with Gasteiger partial charge in [0, 0.05) is 11.0 Å². The first-order valence-corrected chi connectivity index (χ1v) is 7.52. The third-order valence-corrected chi connectivity index (χ3v) is 5.86. The highest BCUT2D eigenvalue weighted by Crippen LogP contribution is 2.27. The molecule has 0 amide bonds. The van der Waals surface area contributed by atoms with Gasteiger partial charge in [0.15, 0.2) is 6.10 Å². The van der Waals surface area contributed by atoms with Crippen LogP contribution in [-0.2, 0) is 19.6 Å². The molecule has 1 rings (SSSR count). The van der Waals surface area contributed by atoms with Crippen LogP contribution >= 0.6 is 27.3 Å². The number of hydrogen-bond acceptors (Lipinski definition) is 6. The zero-order chi connectivity index (χ0) is 13.1. The van der Waals surface area contributed by atoms with Crippen molar-refractivity contribution in [1.29, 1.82) is 0 Å². The summed E-state index contributed by atoms with van der Waals surface area (Å²) < 4.78 is 30.4. The van der Waals surface area contributed by atoms with Gasteiger partial charge in [0.25, 0.3) is 10.0 Å². The second kappa shape index (κ2) is 5.91. The molecule has 0 saturated carbocycles. The maximum atomic E-state index is 11.7. The number of esters is 1. The highest BCUT2D eigenvalue weighted by atomic mass is 79.9. The summed E-state index contributed by atoms with van der Waals surface area (Å²) in [6.07, 6.45) is -1.52. The number of thiophene rings is 1. The van der Waals surface area contributed by atoms with Crippen molar-refractivity contribution in [3.8, 4) is 0 Å². The molecule has 0 radical (unpaired) electrons. The molecule has 1 aromatic rings. The van der Waals surface area contributed by atoms with Gasteiger partial charge in [-0.05, 0) is 27.4 Å². The topological polar surface area (TPSA) is 92.7 Å². The lowest BCUT2D eigenvalue weighted by Crippen LogP contribution is -2.37. The van der Waals surface area contributed by atoms with Crippen LogP contribution in [0.5, 0.6) is 0 Å². The van der Waals surface area contributed by atoms with Crippen molar-refractivity contribution >= 4 is 43.3 Å². The van der Waals surface area contributed by atoms with Gasteiger partial charge >= 0.3 is 5.97 Å². The van der Waals surface area contributed by atoms with Crippen molar-refractivity contribution in [2.45, 2.75) is 10.3 Å². The Morgan fingerprint density at radius 2 is 2.35 bits per heavy atom. The quantitative estimate of drug-likeness (QED) is 0.751. The van der Waals surface area contributed by atoms with E-state index >= 15 is 0 Å². The smallest absolute Gasteiger partial charge is 0.336 e. The van der Waals surface area contributed by atoms with Crippen LogP contribution in [0.3, 0.4) is 0 Å². The van der Waals surface area contributed by atoms with E-state index in [4.69, 9.17) is 0 Å². The van der Waals surface area contributed by atoms with Gasteiger partial charge in [-0.15, -0.1) is 11.3 Å². The Hall–Kier alpha value is -0.480. The van der Waals surface area contributed by atoms with E-state index in [9.17, 15) is 18.3 Å². The molecule has 0 fully saturated rings. The summed E-state index contributed by atoms with van der Waals surface area (Å²) in [6, 6.07) is 1.59. The Morgan fingerprint density at radius 1 is 1.71 bits per heavy atom. The van der Waals surface area contributed by atoms with Gasteiger partial charge in [0.2, 0.25) is 0 Å². The molecule has 1 aromatic heterocycles. The molecule has 9 heteroatoms. The van der Waals surface area contributed by atoms with Crippen LogP contribution in [0, 0.1) is 0 Å². The van der Waals surface area contributed by atoms with E-state index in [1.54, 1.807) is 11.4 Å². The zero-order valence-corrected chi connectivity index (χ0v) is 11.9. The SMILES string of the molecule is COC(=O)C(O)CNS(=O)(=O)c1sccc1Br. The highest BCUT2D eigenvalue weighted by Gasteiger charge is 2.23. The van der Waals surface area contributed by atoms with Crippen LogP contribution in [-0.4, -0.2) is 39.3 Å². The van der Waals surface area contributed by atoms with Crippen LogP contribution in [0.25, 0.3) is 0 Å². The fourth-order valence-corrected chi connectivity index (χ4v) is 4.36. The number of methoxy groups -OCH3 is 1. The molecule has 0 spiro atoms. The molecule has 96 valence electrons. The molecule has 0 aliphatic heterocycles. The Labute approximate surface area is 111 Å². The molecule has 0 bridgehead atoms. The average molecular weight is 344 g/mol. The van der Waals surface area contributed by atoms with E-state index in [0.29, 0.717) is 4.47 Å². The highest BCUT2D eigenvalue weighted by molar-refractivity contribution is 9.10. The maximum absolute atomic E-state index is 11.7. The Morgan fingerprint density at radius 3 is 2.82 bits per heavy atom. The standard InChI is InChI=1S/C8H10BrNO5S2/c1-15-7(12)6(11)4-10-17(13,14)8-5(9)2-3-16-8/h2-3,6,10-11H,4H2,1H3. The summed E-state index contributed by atoms with van der Waals surface area (Å²) in [5.41, 5.74) is 0. The van der Waals surface area contributed by atoms with Crippen molar-refractivity contribution in [1.82, 2.24) is 4.72 Å². The first kappa shape index (κ1) is 14.6. The minimum atomic E-state index is -3.73. The van der Waals surface area contributed by atoms with Crippen LogP contribution < -0.4 is 4.72 Å². The predicted octanol–water partition coefficient (Wildman–Crippen LogP) is 0.323. The van der Waals surface area contributed by atoms with Gasteiger partial charge in [-0.25, -0.2) is 17.9 Å².